The summed E-state index contributed by atoms with van der Waals surface area (Å²) in [6, 6.07) is 4.98. The highest BCUT2D eigenvalue weighted by Gasteiger charge is 2.14. The lowest BCUT2D eigenvalue weighted by atomic mass is 10.2. The number of nitrogens with zero attached hydrogens (tertiary/aromatic N) is 1. The molecule has 1 fully saturated rings. The van der Waals surface area contributed by atoms with Crippen molar-refractivity contribution >= 4 is 17.9 Å². The summed E-state index contributed by atoms with van der Waals surface area (Å²) in [5.41, 5.74) is 5.68. The molecule has 0 aromatic heterocycles. The Kier molecular flexibility index (Phi) is 5.03. The van der Waals surface area contributed by atoms with Crippen LogP contribution in [0.1, 0.15) is 10.4 Å². The summed E-state index contributed by atoms with van der Waals surface area (Å²) in [6.07, 6.45) is 0. The molecule has 1 heterocycles. The van der Waals surface area contributed by atoms with Crippen molar-refractivity contribution in [3.63, 3.8) is 0 Å². The van der Waals surface area contributed by atoms with Gasteiger partial charge >= 0.3 is 0 Å². The number of carbonyl (C=O) groups excluding carboxylic acids is 1. The van der Waals surface area contributed by atoms with Crippen molar-refractivity contribution in [1.82, 2.24) is 5.06 Å². The molecule has 0 radical (unpaired) electrons. The van der Waals surface area contributed by atoms with Crippen molar-refractivity contribution in [3.05, 3.63) is 23.8 Å². The predicted octanol–water partition coefficient (Wildman–Crippen LogP) is 1.06. The van der Waals surface area contributed by atoms with Gasteiger partial charge in [0.15, 0.2) is 0 Å². The Balaban J connectivity index is 2.04. The van der Waals surface area contributed by atoms with Gasteiger partial charge in [-0.05, 0) is 18.2 Å². The molecule has 19 heavy (non-hydrogen) atoms. The van der Waals surface area contributed by atoms with Gasteiger partial charge in [-0.2, -0.15) is 5.06 Å². The minimum atomic E-state index is -0.476. The maximum absolute atomic E-state index is 11.2. The van der Waals surface area contributed by atoms with E-state index in [1.54, 1.807) is 25.3 Å². The summed E-state index contributed by atoms with van der Waals surface area (Å²) in [5, 5.41) is 1.81. The van der Waals surface area contributed by atoms with E-state index in [9.17, 15) is 4.79 Å². The van der Waals surface area contributed by atoms with Crippen LogP contribution in [0.25, 0.3) is 0 Å². The molecular weight excluding hydrogens is 268 g/mol. The zero-order valence-electron chi connectivity index (χ0n) is 10.6. The van der Waals surface area contributed by atoms with Crippen LogP contribution in [0, 0.1) is 0 Å². The Morgan fingerprint density at radius 3 is 2.79 bits per heavy atom. The van der Waals surface area contributed by atoms with Crippen molar-refractivity contribution < 1.29 is 18.6 Å². The fourth-order valence-electron chi connectivity index (χ4n) is 1.61. The van der Waals surface area contributed by atoms with Gasteiger partial charge in [0, 0.05) is 18.7 Å². The van der Waals surface area contributed by atoms with Crippen molar-refractivity contribution in [2.75, 3.05) is 33.4 Å². The molecule has 6 nitrogen and oxygen atoms in total. The Hall–Kier alpha value is -1.28. The number of benzene rings is 1. The number of hydrogen-bond donors (Lipinski definition) is 1. The summed E-state index contributed by atoms with van der Waals surface area (Å²) >= 11 is 1.15. The van der Waals surface area contributed by atoms with E-state index in [1.165, 1.54) is 0 Å². The third-order valence-electron chi connectivity index (χ3n) is 2.65. The van der Waals surface area contributed by atoms with Crippen molar-refractivity contribution in [2.24, 2.45) is 5.73 Å². The lowest BCUT2D eigenvalue weighted by Crippen LogP contribution is -2.34. The van der Waals surface area contributed by atoms with Crippen molar-refractivity contribution in [2.45, 2.75) is 4.90 Å². The Bertz CT molecular complexity index is 449. The number of rotatable bonds is 5. The van der Waals surface area contributed by atoms with Crippen LogP contribution in [0.15, 0.2) is 23.1 Å². The van der Waals surface area contributed by atoms with E-state index in [2.05, 4.69) is 0 Å². The first-order valence-electron chi connectivity index (χ1n) is 5.86. The summed E-state index contributed by atoms with van der Waals surface area (Å²) in [7, 11) is 1.57. The molecule has 7 heteroatoms. The number of morpholine rings is 1. The Labute approximate surface area is 116 Å². The monoisotopic (exact) mass is 284 g/mol. The van der Waals surface area contributed by atoms with Crippen LogP contribution < -0.4 is 10.5 Å². The standard InChI is InChI=1S/C12H16N2O4S/c1-16-10-3-2-9(12(13)15)8-11(10)19-18-14-4-6-17-7-5-14/h2-3,8H,4-7H2,1H3,(H2,13,15). The molecule has 0 atom stereocenters. The molecule has 0 unspecified atom stereocenters. The van der Waals surface area contributed by atoms with Crippen LogP contribution in [0.4, 0.5) is 0 Å². The van der Waals surface area contributed by atoms with Crippen LogP contribution in [-0.4, -0.2) is 44.4 Å². The van der Waals surface area contributed by atoms with Gasteiger partial charge in [-0.25, -0.2) is 4.28 Å². The van der Waals surface area contributed by atoms with E-state index < -0.39 is 5.91 Å². The summed E-state index contributed by atoms with van der Waals surface area (Å²) < 4.78 is 16.0. The van der Waals surface area contributed by atoms with E-state index in [4.69, 9.17) is 19.5 Å². The predicted molar refractivity (Wildman–Crippen MR) is 70.8 cm³/mol. The van der Waals surface area contributed by atoms with Gasteiger partial charge in [0.1, 0.15) is 5.75 Å². The highest BCUT2D eigenvalue weighted by molar-refractivity contribution is 7.94. The van der Waals surface area contributed by atoms with E-state index in [-0.39, 0.29) is 0 Å². The number of ether oxygens (including phenoxy) is 2. The lowest BCUT2D eigenvalue weighted by molar-refractivity contribution is -0.105. The molecule has 1 amide bonds. The molecule has 0 bridgehead atoms. The number of nitrogens with two attached hydrogens (primary N) is 1. The third kappa shape index (κ3) is 3.84. The van der Waals surface area contributed by atoms with Crippen molar-refractivity contribution in [1.29, 1.82) is 0 Å². The Morgan fingerprint density at radius 2 is 2.16 bits per heavy atom. The molecule has 104 valence electrons. The molecule has 2 rings (SSSR count). The average molecular weight is 284 g/mol. The van der Waals surface area contributed by atoms with Crippen molar-refractivity contribution in [3.8, 4) is 5.75 Å². The molecule has 0 aliphatic carbocycles. The van der Waals surface area contributed by atoms with Gasteiger partial charge in [0.2, 0.25) is 5.91 Å². The molecular formula is C12H16N2O4S. The number of hydroxylamine groups is 2. The second kappa shape index (κ2) is 6.76. The minimum Gasteiger partial charge on any atom is -0.495 e. The first-order valence-corrected chi connectivity index (χ1v) is 6.60. The number of carbonyl (C=O) groups is 1. The number of primary amides is 1. The fourth-order valence-corrected chi connectivity index (χ4v) is 2.35. The molecule has 1 aromatic rings. The first-order chi connectivity index (χ1) is 9.20. The van der Waals surface area contributed by atoms with Crippen LogP contribution >= 0.6 is 12.0 Å². The summed E-state index contributed by atoms with van der Waals surface area (Å²) in [6.45, 7) is 2.73. The highest BCUT2D eigenvalue weighted by atomic mass is 32.2. The van der Waals surface area contributed by atoms with E-state index in [0.29, 0.717) is 42.5 Å². The van der Waals surface area contributed by atoms with Crippen LogP contribution in [0.5, 0.6) is 5.75 Å². The van der Waals surface area contributed by atoms with E-state index >= 15 is 0 Å². The number of hydrogen-bond acceptors (Lipinski definition) is 6. The second-order valence-electron chi connectivity index (χ2n) is 3.93. The van der Waals surface area contributed by atoms with Crippen LogP contribution in [-0.2, 0) is 9.02 Å². The van der Waals surface area contributed by atoms with Gasteiger partial charge in [-0.15, -0.1) is 0 Å². The lowest BCUT2D eigenvalue weighted by Gasteiger charge is -2.24. The zero-order chi connectivity index (χ0) is 13.7. The molecule has 1 aliphatic rings. The van der Waals surface area contributed by atoms with E-state index in [0.717, 1.165) is 12.0 Å². The van der Waals surface area contributed by atoms with Crippen LogP contribution in [0.3, 0.4) is 0 Å². The van der Waals surface area contributed by atoms with Gasteiger partial charge in [-0.3, -0.25) is 4.79 Å². The normalized spacial score (nSPS) is 16.3. The van der Waals surface area contributed by atoms with Gasteiger partial charge in [0.05, 0.1) is 37.3 Å². The number of amides is 1. The minimum absolute atomic E-state index is 0.425. The number of methoxy groups -OCH3 is 1. The molecule has 1 aromatic carbocycles. The summed E-state index contributed by atoms with van der Waals surface area (Å²) in [4.78, 5) is 11.9. The maximum atomic E-state index is 11.2. The zero-order valence-corrected chi connectivity index (χ0v) is 11.4. The third-order valence-corrected chi connectivity index (χ3v) is 3.43. The SMILES string of the molecule is COc1ccc(C(N)=O)cc1SON1CCOCC1. The average Bonchev–Trinajstić information content (AvgIpc) is 2.45. The van der Waals surface area contributed by atoms with Crippen LogP contribution in [0.2, 0.25) is 0 Å². The highest BCUT2D eigenvalue weighted by Crippen LogP contribution is 2.31. The van der Waals surface area contributed by atoms with Gasteiger partial charge < -0.3 is 15.2 Å². The first kappa shape index (κ1) is 14.1. The molecule has 1 aliphatic heterocycles. The van der Waals surface area contributed by atoms with E-state index in [1.807, 2.05) is 5.06 Å². The fraction of sp³-hybridized carbons (Fsp3) is 0.417. The quantitative estimate of drug-likeness (QED) is 0.815. The molecule has 2 N–H and O–H groups in total. The Morgan fingerprint density at radius 1 is 1.42 bits per heavy atom. The molecule has 1 saturated heterocycles. The molecule has 0 saturated carbocycles. The van der Waals surface area contributed by atoms with Gasteiger partial charge in [-0.1, -0.05) is 0 Å². The second-order valence-corrected chi connectivity index (χ2v) is 4.68. The maximum Gasteiger partial charge on any atom is 0.248 e. The topological polar surface area (TPSA) is 74.0 Å². The smallest absolute Gasteiger partial charge is 0.248 e. The summed E-state index contributed by atoms with van der Waals surface area (Å²) in [5.74, 6) is 0.166. The largest absolute Gasteiger partial charge is 0.495 e. The van der Waals surface area contributed by atoms with Gasteiger partial charge in [0.25, 0.3) is 0 Å². The molecule has 0 spiro atoms.